The predicted molar refractivity (Wildman–Crippen MR) is 341 cm³/mol. The van der Waals surface area contributed by atoms with E-state index in [2.05, 4.69) is 116 Å². The summed E-state index contributed by atoms with van der Waals surface area (Å²) in [5.41, 5.74) is 0. The van der Waals surface area contributed by atoms with E-state index in [0.29, 0.717) is 17.4 Å². The number of hydrogen-bond donors (Lipinski definition) is 3. The largest absolute Gasteiger partial charge is 0.472 e. The number of allylic oxidation sites excluding steroid dienone is 17. The highest BCUT2D eigenvalue weighted by Crippen LogP contribution is 2.43. The number of amides is 1. The molecule has 3 N–H and O–H groups in total. The summed E-state index contributed by atoms with van der Waals surface area (Å²) in [6.45, 7) is 4.71. The van der Waals surface area contributed by atoms with Crippen molar-refractivity contribution in [3.63, 3.8) is 0 Å². The van der Waals surface area contributed by atoms with Gasteiger partial charge in [-0.15, -0.1) is 0 Å². The van der Waals surface area contributed by atoms with Crippen LogP contribution in [0.1, 0.15) is 271 Å². The molecule has 0 aromatic rings. The van der Waals surface area contributed by atoms with Crippen LogP contribution in [-0.4, -0.2) is 73.4 Å². The topological polar surface area (TPSA) is 105 Å². The normalized spacial score (nSPS) is 14.5. The molecule has 0 saturated heterocycles. The van der Waals surface area contributed by atoms with Gasteiger partial charge in [0.15, 0.2) is 0 Å². The molecule has 0 saturated carbocycles. The minimum atomic E-state index is -4.36. The van der Waals surface area contributed by atoms with Crippen LogP contribution in [0.5, 0.6) is 0 Å². The Hall–Kier alpha value is -2.84. The van der Waals surface area contributed by atoms with Crippen LogP contribution in [-0.2, 0) is 18.4 Å². The number of nitrogens with zero attached hydrogens (tertiary/aromatic N) is 1. The summed E-state index contributed by atoms with van der Waals surface area (Å²) in [4.78, 5) is 23.4. The minimum absolute atomic E-state index is 0.0549. The molecule has 0 radical (unpaired) electrons. The number of quaternary nitrogens is 1. The Morgan fingerprint density at radius 2 is 0.769 bits per heavy atom. The highest BCUT2D eigenvalue weighted by molar-refractivity contribution is 7.47. The van der Waals surface area contributed by atoms with E-state index in [4.69, 9.17) is 9.05 Å². The van der Waals surface area contributed by atoms with Crippen molar-refractivity contribution in [2.24, 2.45) is 0 Å². The fourth-order valence-electron chi connectivity index (χ4n) is 9.00. The number of unbranched alkanes of at least 4 members (excludes halogenated alkanes) is 29. The molecule has 8 nitrogen and oxygen atoms in total. The molecule has 3 atom stereocenters. The summed E-state index contributed by atoms with van der Waals surface area (Å²) in [7, 11) is 1.56. The molecule has 78 heavy (non-hydrogen) atoms. The van der Waals surface area contributed by atoms with Crippen LogP contribution in [0.15, 0.2) is 109 Å². The number of aliphatic hydroxyl groups excluding tert-OH is 1. The van der Waals surface area contributed by atoms with E-state index in [0.717, 1.165) is 96.3 Å². The van der Waals surface area contributed by atoms with E-state index in [1.165, 1.54) is 154 Å². The van der Waals surface area contributed by atoms with Crippen molar-refractivity contribution < 1.29 is 32.9 Å². The van der Waals surface area contributed by atoms with Gasteiger partial charge in [0.25, 0.3) is 0 Å². The number of phosphoric ester groups is 1. The molecule has 3 unspecified atom stereocenters. The summed E-state index contributed by atoms with van der Waals surface area (Å²) in [5.74, 6) is -0.187. The van der Waals surface area contributed by atoms with Crippen LogP contribution >= 0.6 is 7.82 Å². The van der Waals surface area contributed by atoms with Gasteiger partial charge in [-0.25, -0.2) is 4.57 Å². The SMILES string of the molecule is CC/C=C\C/C=C\C/C=C\C/C=C\C/C=C\C/C=C\C/C=C\C/C=C\CCCCCCCCCCC(=O)NC(COP(=O)(O)OCC[N+](C)(C)C)C(O)/C=C/CCCCCCCCCCCCCCCCCCCCCCC. The first-order valence-corrected chi connectivity index (χ1v) is 33.8. The zero-order valence-electron chi connectivity index (χ0n) is 51.4. The highest BCUT2D eigenvalue weighted by Gasteiger charge is 2.27. The fourth-order valence-corrected chi connectivity index (χ4v) is 9.74. The molecule has 0 fully saturated rings. The van der Waals surface area contributed by atoms with Crippen molar-refractivity contribution in [2.45, 2.75) is 283 Å². The molecule has 0 aliphatic heterocycles. The maximum Gasteiger partial charge on any atom is 0.472 e. The average Bonchev–Trinajstić information content (AvgIpc) is 3.41. The number of aliphatic hydroxyl groups is 1. The Morgan fingerprint density at radius 1 is 0.449 bits per heavy atom. The molecule has 0 spiro atoms. The summed E-state index contributed by atoms with van der Waals surface area (Å²) >= 11 is 0. The highest BCUT2D eigenvalue weighted by atomic mass is 31.2. The van der Waals surface area contributed by atoms with Gasteiger partial charge in [-0.1, -0.05) is 290 Å². The summed E-state index contributed by atoms with van der Waals surface area (Å²) in [5, 5.41) is 14.0. The van der Waals surface area contributed by atoms with E-state index in [9.17, 15) is 19.4 Å². The number of rotatable bonds is 58. The van der Waals surface area contributed by atoms with Crippen LogP contribution < -0.4 is 5.32 Å². The summed E-state index contributed by atoms with van der Waals surface area (Å²) in [6.07, 6.45) is 86.3. The number of phosphoric acid groups is 1. The second-order valence-electron chi connectivity index (χ2n) is 22.8. The monoisotopic (exact) mass is 1110 g/mol. The second-order valence-corrected chi connectivity index (χ2v) is 24.2. The average molecular weight is 1110 g/mol. The van der Waals surface area contributed by atoms with Crippen LogP contribution in [0, 0.1) is 0 Å². The quantitative estimate of drug-likeness (QED) is 0.0243. The Labute approximate surface area is 482 Å². The Bertz CT molecular complexity index is 1640. The van der Waals surface area contributed by atoms with Gasteiger partial charge in [0, 0.05) is 6.42 Å². The molecular weight excluding hydrogens is 984 g/mol. The third-order valence-corrected chi connectivity index (χ3v) is 15.0. The lowest BCUT2D eigenvalue weighted by atomic mass is 10.0. The fraction of sp³-hybridized carbons (Fsp3) is 0.725. The molecule has 0 aromatic carbocycles. The first kappa shape index (κ1) is 75.2. The van der Waals surface area contributed by atoms with E-state index < -0.39 is 20.0 Å². The zero-order chi connectivity index (χ0) is 57.0. The summed E-state index contributed by atoms with van der Waals surface area (Å²) in [6, 6.07) is -0.860. The maximum atomic E-state index is 13.0. The van der Waals surface area contributed by atoms with Gasteiger partial charge in [0.2, 0.25) is 5.91 Å². The van der Waals surface area contributed by atoms with Gasteiger partial charge in [-0.2, -0.15) is 0 Å². The predicted octanol–water partition coefficient (Wildman–Crippen LogP) is 20.3. The van der Waals surface area contributed by atoms with E-state index >= 15 is 0 Å². The van der Waals surface area contributed by atoms with Gasteiger partial charge in [0.05, 0.1) is 39.9 Å². The van der Waals surface area contributed by atoms with E-state index in [-0.39, 0.29) is 19.1 Å². The van der Waals surface area contributed by atoms with Crippen molar-refractivity contribution in [1.29, 1.82) is 0 Å². The lowest BCUT2D eigenvalue weighted by Crippen LogP contribution is -2.45. The lowest BCUT2D eigenvalue weighted by molar-refractivity contribution is -0.870. The van der Waals surface area contributed by atoms with Crippen molar-refractivity contribution >= 4 is 13.7 Å². The molecule has 0 rings (SSSR count). The summed E-state index contributed by atoms with van der Waals surface area (Å²) < 4.78 is 23.8. The molecule has 0 aromatic heterocycles. The number of carbonyl (C=O) groups excluding carboxylic acids is 1. The zero-order valence-corrected chi connectivity index (χ0v) is 52.3. The molecule has 0 aliphatic rings. The third-order valence-electron chi connectivity index (χ3n) is 14.0. The molecular formula is C69H124N2O6P+. The number of carbonyl (C=O) groups is 1. The molecule has 0 bridgehead atoms. The Kier molecular flexibility index (Phi) is 56.7. The van der Waals surface area contributed by atoms with E-state index in [1.54, 1.807) is 6.08 Å². The number of hydrogen-bond acceptors (Lipinski definition) is 5. The molecule has 0 heterocycles. The van der Waals surface area contributed by atoms with Gasteiger partial charge in [-0.3, -0.25) is 13.8 Å². The van der Waals surface area contributed by atoms with Gasteiger partial charge in [-0.05, 0) is 83.5 Å². The van der Waals surface area contributed by atoms with E-state index in [1.807, 2.05) is 27.2 Å². The second kappa shape index (κ2) is 58.8. The molecule has 9 heteroatoms. The Morgan fingerprint density at radius 3 is 1.13 bits per heavy atom. The van der Waals surface area contributed by atoms with Crippen LogP contribution in [0.4, 0.5) is 0 Å². The molecule has 0 aliphatic carbocycles. The van der Waals surface area contributed by atoms with Gasteiger partial charge in [0.1, 0.15) is 13.2 Å². The smallest absolute Gasteiger partial charge is 0.387 e. The number of nitrogens with one attached hydrogen (secondary N) is 1. The molecule has 1 amide bonds. The van der Waals surface area contributed by atoms with Crippen molar-refractivity contribution in [2.75, 3.05) is 40.9 Å². The molecule has 450 valence electrons. The Balaban J connectivity index is 4.20. The first-order chi connectivity index (χ1) is 38.0. The van der Waals surface area contributed by atoms with Gasteiger partial charge >= 0.3 is 7.82 Å². The van der Waals surface area contributed by atoms with Gasteiger partial charge < -0.3 is 19.8 Å². The van der Waals surface area contributed by atoms with Crippen LogP contribution in [0.2, 0.25) is 0 Å². The lowest BCUT2D eigenvalue weighted by Gasteiger charge is -2.25. The maximum absolute atomic E-state index is 13.0. The van der Waals surface area contributed by atoms with Crippen LogP contribution in [0.3, 0.4) is 0 Å². The van der Waals surface area contributed by atoms with Crippen molar-refractivity contribution in [3.8, 4) is 0 Å². The minimum Gasteiger partial charge on any atom is -0.387 e. The number of likely N-dealkylation sites (N-methyl/N-ethyl adjacent to an activating group) is 1. The first-order valence-electron chi connectivity index (χ1n) is 32.3. The van der Waals surface area contributed by atoms with Crippen molar-refractivity contribution in [1.82, 2.24) is 5.32 Å². The standard InChI is InChI=1S/C69H123N2O6P/c1-6-8-10-12-14-16-18-20-22-24-26-28-30-31-32-33-34-35-36-37-38-39-41-43-45-47-49-51-53-55-57-59-61-63-69(73)70-67(66-77-78(74,75)76-65-64-71(3,4)5)68(72)62-60-58-56-54-52-50-48-46-44-42-40-29-27-25-23-21-19-17-15-13-11-9-7-2/h8,10,14,16,20,22,26,28,31-32,34-35,37-38,41,43,60,62,67-68,72H,6-7,9,11-13,15,17-19,21,23-25,27,29-30,33,36,39-40,42,44-59,61,63-66H2,1-5H3,(H-,70,73,74,75)/p+1/b10-8-,16-14-,22-20-,28-26-,32-31-,35-34-,38-37-,43-41-,62-60+. The third kappa shape index (κ3) is 60.8. The van der Waals surface area contributed by atoms with Crippen molar-refractivity contribution in [3.05, 3.63) is 109 Å². The van der Waals surface area contributed by atoms with Crippen LogP contribution in [0.25, 0.3) is 0 Å².